The van der Waals surface area contributed by atoms with Gasteiger partial charge in [0.05, 0.1) is 6.54 Å². The lowest BCUT2D eigenvalue weighted by Crippen LogP contribution is -2.45. The Balaban J connectivity index is 1.64. The van der Waals surface area contributed by atoms with E-state index in [1.165, 1.54) is 4.90 Å². The van der Waals surface area contributed by atoms with Gasteiger partial charge in [-0.05, 0) is 29.3 Å². The van der Waals surface area contributed by atoms with E-state index in [9.17, 15) is 14.4 Å². The number of nitrogens with two attached hydrogens (primary N) is 1. The highest BCUT2D eigenvalue weighted by atomic mass is 16.4. The summed E-state index contributed by atoms with van der Waals surface area (Å²) >= 11 is 0. The van der Waals surface area contributed by atoms with Crippen molar-refractivity contribution in [3.05, 3.63) is 48.0 Å². The molecule has 1 saturated heterocycles. The van der Waals surface area contributed by atoms with Crippen molar-refractivity contribution in [1.82, 2.24) is 10.2 Å². The molecule has 2 unspecified atom stereocenters. The topological polar surface area (TPSA) is 113 Å². The second-order valence-electron chi connectivity index (χ2n) is 6.14. The number of nitrogens with one attached hydrogen (secondary N) is 1. The maximum absolute atomic E-state index is 12.3. The number of carboxylic acid groups (broad SMARTS) is 1. The molecule has 130 valence electrons. The summed E-state index contributed by atoms with van der Waals surface area (Å²) in [6, 6.07) is 11.6. The molecule has 2 aromatic carbocycles. The molecule has 4 N–H and O–H groups in total. The number of nitrogens with zero attached hydrogens (tertiary/aromatic N) is 1. The number of aliphatic carboxylic acids is 1. The molecule has 2 atom stereocenters. The van der Waals surface area contributed by atoms with Crippen molar-refractivity contribution < 1.29 is 19.5 Å². The van der Waals surface area contributed by atoms with Crippen LogP contribution < -0.4 is 11.1 Å². The van der Waals surface area contributed by atoms with Gasteiger partial charge in [0, 0.05) is 18.2 Å². The van der Waals surface area contributed by atoms with Gasteiger partial charge in [0.1, 0.15) is 6.04 Å². The minimum Gasteiger partial charge on any atom is -0.480 e. The lowest BCUT2D eigenvalue weighted by Gasteiger charge is -2.21. The zero-order valence-corrected chi connectivity index (χ0v) is 13.5. The van der Waals surface area contributed by atoms with Crippen molar-refractivity contribution in [2.45, 2.75) is 18.5 Å². The fourth-order valence-corrected chi connectivity index (χ4v) is 3.07. The summed E-state index contributed by atoms with van der Waals surface area (Å²) in [4.78, 5) is 36.9. The van der Waals surface area contributed by atoms with Crippen LogP contribution in [-0.2, 0) is 9.59 Å². The van der Waals surface area contributed by atoms with Crippen molar-refractivity contribution in [3.8, 4) is 0 Å². The molecule has 0 radical (unpaired) electrons. The average Bonchev–Trinajstić information content (AvgIpc) is 3.01. The average molecular weight is 341 g/mol. The number of fused-ring (bicyclic) bond motifs is 1. The standard InChI is InChI=1S/C18H19N3O4/c19-14-8-15(18(24)25)21(10-14)16(22)9-20-17(23)13-6-5-11-3-1-2-4-12(11)7-13/h1-7,14-15H,8-10,19H2,(H,20,23)(H,24,25). The Morgan fingerprint density at radius 3 is 2.60 bits per heavy atom. The van der Waals surface area contributed by atoms with Crippen LogP contribution in [-0.4, -0.2) is 53.0 Å². The summed E-state index contributed by atoms with van der Waals surface area (Å²) in [6.45, 7) is -0.0796. The third-order valence-corrected chi connectivity index (χ3v) is 4.35. The normalized spacial score (nSPS) is 19.8. The quantitative estimate of drug-likeness (QED) is 0.753. The molecule has 1 aliphatic rings. The van der Waals surface area contributed by atoms with E-state index >= 15 is 0 Å². The highest BCUT2D eigenvalue weighted by Crippen LogP contribution is 2.17. The predicted octanol–water partition coefficient (Wildman–Crippen LogP) is 0.582. The lowest BCUT2D eigenvalue weighted by molar-refractivity contribution is -0.147. The van der Waals surface area contributed by atoms with E-state index in [1.807, 2.05) is 30.3 Å². The van der Waals surface area contributed by atoms with Gasteiger partial charge in [-0.3, -0.25) is 9.59 Å². The molecule has 0 bridgehead atoms. The first-order valence-corrected chi connectivity index (χ1v) is 8.00. The van der Waals surface area contributed by atoms with E-state index in [2.05, 4.69) is 5.32 Å². The highest BCUT2D eigenvalue weighted by Gasteiger charge is 2.37. The van der Waals surface area contributed by atoms with Gasteiger partial charge in [-0.1, -0.05) is 30.3 Å². The predicted molar refractivity (Wildman–Crippen MR) is 92.0 cm³/mol. The second kappa shape index (κ2) is 6.90. The summed E-state index contributed by atoms with van der Waals surface area (Å²) in [5, 5.41) is 13.7. The van der Waals surface area contributed by atoms with Gasteiger partial charge < -0.3 is 21.1 Å². The van der Waals surface area contributed by atoms with Gasteiger partial charge in [-0.2, -0.15) is 0 Å². The van der Waals surface area contributed by atoms with Crippen LogP contribution in [0.25, 0.3) is 10.8 Å². The maximum Gasteiger partial charge on any atom is 0.326 e. The van der Waals surface area contributed by atoms with Crippen molar-refractivity contribution in [3.63, 3.8) is 0 Å². The summed E-state index contributed by atoms with van der Waals surface area (Å²) in [7, 11) is 0. The Labute approximate surface area is 144 Å². The Morgan fingerprint density at radius 1 is 1.16 bits per heavy atom. The van der Waals surface area contributed by atoms with Gasteiger partial charge >= 0.3 is 5.97 Å². The van der Waals surface area contributed by atoms with Crippen LogP contribution in [0.4, 0.5) is 0 Å². The largest absolute Gasteiger partial charge is 0.480 e. The van der Waals surface area contributed by atoms with Crippen LogP contribution in [0.3, 0.4) is 0 Å². The van der Waals surface area contributed by atoms with Crippen molar-refractivity contribution in [2.24, 2.45) is 5.73 Å². The molecule has 0 aliphatic carbocycles. The van der Waals surface area contributed by atoms with Crippen molar-refractivity contribution in [1.29, 1.82) is 0 Å². The lowest BCUT2D eigenvalue weighted by atomic mass is 10.1. The summed E-state index contributed by atoms with van der Waals surface area (Å²) in [5.41, 5.74) is 6.19. The van der Waals surface area contributed by atoms with E-state index in [-0.39, 0.29) is 31.5 Å². The van der Waals surface area contributed by atoms with Crippen LogP contribution in [0.15, 0.2) is 42.5 Å². The Morgan fingerprint density at radius 2 is 1.88 bits per heavy atom. The first-order valence-electron chi connectivity index (χ1n) is 8.00. The Bertz CT molecular complexity index is 836. The molecule has 1 heterocycles. The molecule has 0 saturated carbocycles. The summed E-state index contributed by atoms with van der Waals surface area (Å²) in [5.74, 6) is -1.91. The van der Waals surface area contributed by atoms with Crippen LogP contribution in [0.5, 0.6) is 0 Å². The molecule has 1 fully saturated rings. The molecular weight excluding hydrogens is 322 g/mol. The maximum atomic E-state index is 12.3. The SMILES string of the molecule is NC1CC(C(=O)O)N(C(=O)CNC(=O)c2ccc3ccccc3c2)C1. The number of hydrogen-bond donors (Lipinski definition) is 3. The first-order chi connectivity index (χ1) is 12.0. The van der Waals surface area contributed by atoms with Crippen LogP contribution in [0.1, 0.15) is 16.8 Å². The molecule has 7 heteroatoms. The third kappa shape index (κ3) is 3.61. The minimum atomic E-state index is -1.08. The van der Waals surface area contributed by atoms with Gasteiger partial charge in [-0.15, -0.1) is 0 Å². The fraction of sp³-hybridized carbons (Fsp3) is 0.278. The molecule has 25 heavy (non-hydrogen) atoms. The van der Waals surface area contributed by atoms with Crippen molar-refractivity contribution in [2.75, 3.05) is 13.1 Å². The van der Waals surface area contributed by atoms with E-state index in [1.54, 1.807) is 12.1 Å². The van der Waals surface area contributed by atoms with Crippen LogP contribution >= 0.6 is 0 Å². The number of carbonyl (C=O) groups excluding carboxylic acids is 2. The van der Waals surface area contributed by atoms with Crippen LogP contribution in [0, 0.1) is 0 Å². The van der Waals surface area contributed by atoms with Crippen LogP contribution in [0.2, 0.25) is 0 Å². The van der Waals surface area contributed by atoms with E-state index < -0.39 is 17.9 Å². The van der Waals surface area contributed by atoms with Gasteiger partial charge in [0.2, 0.25) is 5.91 Å². The van der Waals surface area contributed by atoms with Crippen molar-refractivity contribution >= 4 is 28.6 Å². The Kier molecular flexibility index (Phi) is 4.67. The van der Waals surface area contributed by atoms with Gasteiger partial charge in [-0.25, -0.2) is 4.79 Å². The number of carbonyl (C=O) groups is 3. The zero-order valence-electron chi connectivity index (χ0n) is 13.5. The monoisotopic (exact) mass is 341 g/mol. The number of benzene rings is 2. The minimum absolute atomic E-state index is 0.182. The van der Waals surface area contributed by atoms with Gasteiger partial charge in [0.15, 0.2) is 0 Å². The second-order valence-corrected chi connectivity index (χ2v) is 6.14. The molecule has 1 aliphatic heterocycles. The first kappa shape index (κ1) is 16.9. The number of likely N-dealkylation sites (tertiary alicyclic amines) is 1. The fourth-order valence-electron chi connectivity index (χ4n) is 3.07. The molecule has 0 spiro atoms. The molecule has 0 aromatic heterocycles. The Hall–Kier alpha value is -2.93. The van der Waals surface area contributed by atoms with E-state index in [0.717, 1.165) is 10.8 Å². The number of amides is 2. The number of hydrogen-bond acceptors (Lipinski definition) is 4. The molecule has 7 nitrogen and oxygen atoms in total. The zero-order chi connectivity index (χ0) is 18.0. The third-order valence-electron chi connectivity index (χ3n) is 4.35. The molecular formula is C18H19N3O4. The molecule has 3 rings (SSSR count). The summed E-state index contributed by atoms with van der Waals surface area (Å²) in [6.07, 6.45) is 0.222. The van der Waals surface area contributed by atoms with E-state index in [0.29, 0.717) is 5.56 Å². The molecule has 2 aromatic rings. The molecule has 2 amide bonds. The van der Waals surface area contributed by atoms with E-state index in [4.69, 9.17) is 10.8 Å². The highest BCUT2D eigenvalue weighted by molar-refractivity contribution is 6.00. The van der Waals surface area contributed by atoms with Gasteiger partial charge in [0.25, 0.3) is 5.91 Å². The smallest absolute Gasteiger partial charge is 0.326 e. The summed E-state index contributed by atoms with van der Waals surface area (Å²) < 4.78 is 0. The number of carboxylic acids is 1. The number of rotatable bonds is 4.